The molecule has 2 heterocycles. The zero-order valence-electron chi connectivity index (χ0n) is 26.4. The van der Waals surface area contributed by atoms with Crippen molar-refractivity contribution in [1.29, 1.82) is 0 Å². The van der Waals surface area contributed by atoms with Gasteiger partial charge in [0.1, 0.15) is 17.9 Å². The van der Waals surface area contributed by atoms with Crippen molar-refractivity contribution in [2.75, 3.05) is 20.1 Å². The minimum Gasteiger partial charge on any atom is -0.388 e. The molecule has 1 saturated heterocycles. The third-order valence-electron chi connectivity index (χ3n) is 12.7. The van der Waals surface area contributed by atoms with Crippen LogP contribution in [0.4, 0.5) is 0 Å². The van der Waals surface area contributed by atoms with Gasteiger partial charge in [-0.25, -0.2) is 0 Å². The lowest BCUT2D eigenvalue weighted by molar-refractivity contribution is -0.161. The summed E-state index contributed by atoms with van der Waals surface area (Å²) in [5.41, 5.74) is 1.24. The van der Waals surface area contributed by atoms with E-state index in [1.165, 1.54) is 31.3 Å². The van der Waals surface area contributed by atoms with Gasteiger partial charge in [0, 0.05) is 48.8 Å². The van der Waals surface area contributed by atoms with Gasteiger partial charge in [-0.1, -0.05) is 41.6 Å². The van der Waals surface area contributed by atoms with Crippen LogP contribution < -0.4 is 10.6 Å². The van der Waals surface area contributed by atoms with Crippen LogP contribution in [0.25, 0.3) is 0 Å². The predicted octanol–water partition coefficient (Wildman–Crippen LogP) is 4.56. The number of carbonyl (C=O) groups excluding carboxylic acids is 4. The molecule has 8 aliphatic rings. The lowest BCUT2D eigenvalue weighted by Gasteiger charge is -2.53. The van der Waals surface area contributed by atoms with Crippen LogP contribution in [-0.2, 0) is 19.2 Å². The third-order valence-corrected chi connectivity index (χ3v) is 13.9. The highest BCUT2D eigenvalue weighted by Crippen LogP contribution is 2.55. The van der Waals surface area contributed by atoms with Gasteiger partial charge in [0.05, 0.1) is 5.92 Å². The van der Waals surface area contributed by atoms with E-state index in [1.807, 2.05) is 11.9 Å². The smallest absolute Gasteiger partial charge is 0.245 e. The topological polar surface area (TPSA) is 98.8 Å². The normalized spacial score (nSPS) is 39.8. The average molecular weight is 672 g/mol. The summed E-state index contributed by atoms with van der Waals surface area (Å²) in [5, 5.41) is 6.76. The molecule has 44 heavy (non-hydrogen) atoms. The summed E-state index contributed by atoms with van der Waals surface area (Å²) >= 11 is 3.86. The van der Waals surface area contributed by atoms with Crippen molar-refractivity contribution in [2.24, 2.45) is 41.4 Å². The molecule has 3 amide bonds. The average Bonchev–Trinajstić information content (AvgIpc) is 3.67. The van der Waals surface area contributed by atoms with Crippen LogP contribution >= 0.6 is 15.9 Å². The van der Waals surface area contributed by atoms with Gasteiger partial charge in [0.15, 0.2) is 0 Å². The van der Waals surface area contributed by atoms with E-state index in [-0.39, 0.29) is 41.4 Å². The Hall–Kier alpha value is -1.90. The van der Waals surface area contributed by atoms with Crippen LogP contribution in [0, 0.1) is 41.4 Å². The molecule has 11 unspecified atom stereocenters. The van der Waals surface area contributed by atoms with Crippen molar-refractivity contribution < 1.29 is 19.2 Å². The Labute approximate surface area is 271 Å². The van der Waals surface area contributed by atoms with Gasteiger partial charge in [-0.2, -0.15) is 0 Å². The van der Waals surface area contributed by atoms with Crippen molar-refractivity contribution in [3.8, 4) is 0 Å². The summed E-state index contributed by atoms with van der Waals surface area (Å²) in [6, 6.07) is -0.788. The first-order chi connectivity index (χ1) is 21.3. The van der Waals surface area contributed by atoms with E-state index in [1.54, 1.807) is 4.90 Å². The molecular weight excluding hydrogens is 620 g/mol. The molecule has 0 aromatic carbocycles. The summed E-state index contributed by atoms with van der Waals surface area (Å²) in [4.78, 5) is 59.5. The Morgan fingerprint density at radius 3 is 2.64 bits per heavy atom. The van der Waals surface area contributed by atoms with Gasteiger partial charge in [0.25, 0.3) is 0 Å². The Morgan fingerprint density at radius 1 is 1.00 bits per heavy atom. The van der Waals surface area contributed by atoms with E-state index in [2.05, 4.69) is 32.8 Å². The number of Topliss-reactive ketones (excluding diaryl/α,β-unsaturated/α-hetero) is 1. The van der Waals surface area contributed by atoms with Crippen molar-refractivity contribution in [2.45, 2.75) is 119 Å². The van der Waals surface area contributed by atoms with Crippen LogP contribution in [0.3, 0.4) is 0 Å². The molecule has 0 spiro atoms. The van der Waals surface area contributed by atoms with Gasteiger partial charge in [-0.15, -0.1) is 0 Å². The van der Waals surface area contributed by atoms with Crippen LogP contribution in [0.1, 0.15) is 96.3 Å². The number of likely N-dealkylation sites (N-methyl/N-ethyl adjacent to an activating group) is 1. The maximum Gasteiger partial charge on any atom is 0.245 e. The van der Waals surface area contributed by atoms with Gasteiger partial charge in [-0.05, 0) is 100 Å². The van der Waals surface area contributed by atoms with Gasteiger partial charge in [0.2, 0.25) is 17.7 Å². The number of nitrogens with one attached hydrogen (secondary N) is 2. The molecule has 8 rings (SSSR count). The Kier molecular flexibility index (Phi) is 8.88. The van der Waals surface area contributed by atoms with Crippen LogP contribution in [-0.4, -0.2) is 76.4 Å². The second kappa shape index (κ2) is 12.7. The summed E-state index contributed by atoms with van der Waals surface area (Å²) in [5.74, 6) is 1.49. The molecule has 4 bridgehead atoms. The fourth-order valence-electron chi connectivity index (χ4n) is 10.6. The highest BCUT2D eigenvalue weighted by Gasteiger charge is 2.57. The minimum absolute atomic E-state index is 0.0122. The zero-order chi connectivity index (χ0) is 30.5. The number of alkyl halides is 1. The van der Waals surface area contributed by atoms with Crippen LogP contribution in [0.15, 0.2) is 11.8 Å². The summed E-state index contributed by atoms with van der Waals surface area (Å²) in [6.07, 6.45) is 17.1. The fourth-order valence-corrected chi connectivity index (χ4v) is 11.3. The monoisotopic (exact) mass is 670 g/mol. The van der Waals surface area contributed by atoms with E-state index in [4.69, 9.17) is 0 Å². The molecule has 0 radical (unpaired) electrons. The number of hydrogen-bond acceptors (Lipinski definition) is 5. The first-order valence-electron chi connectivity index (χ1n) is 17.8. The van der Waals surface area contributed by atoms with E-state index in [9.17, 15) is 19.2 Å². The fraction of sp³-hybridized carbons (Fsp3) is 0.829. The zero-order valence-corrected chi connectivity index (χ0v) is 27.9. The standard InChI is InChI=1S/C35H51BrN4O4/c1-39(19-21-7-2-4-9-27(21)36)34(43)29(17-24-18-37-28-10-5-3-8-25(24)28)38-33(42)30-11-6-12-40(30)35(44)31-22-13-20-14-23(16-22)32(41)26(31)15-20/h18,20-23,25-31,37H,2-17,19H2,1H3,(H,38,42). The SMILES string of the molecule is CN(CC1CCCCC1Br)C(=O)C(CC1=CNC2CCCCC12)NC(=O)C1CCCN1C(=O)C1C2CC3CC(C2)C(=O)C1C3. The number of likely N-dealkylation sites (tertiary alicyclic amines) is 1. The molecule has 2 aliphatic heterocycles. The molecule has 6 aliphatic carbocycles. The highest BCUT2D eigenvalue weighted by atomic mass is 79.9. The maximum absolute atomic E-state index is 14.1. The maximum atomic E-state index is 14.1. The summed E-state index contributed by atoms with van der Waals surface area (Å²) in [6.45, 7) is 1.23. The van der Waals surface area contributed by atoms with Crippen molar-refractivity contribution >= 4 is 39.4 Å². The molecule has 0 aromatic heterocycles. The minimum atomic E-state index is -0.654. The number of amides is 3. The van der Waals surface area contributed by atoms with E-state index in [0.717, 1.165) is 57.8 Å². The number of ketones is 1. The molecule has 7 fully saturated rings. The Balaban J connectivity index is 1.06. The van der Waals surface area contributed by atoms with Crippen LogP contribution in [0.5, 0.6) is 0 Å². The molecule has 0 aromatic rings. The first kappa shape index (κ1) is 30.7. The lowest BCUT2D eigenvalue weighted by Crippen LogP contribution is -2.59. The van der Waals surface area contributed by atoms with E-state index >= 15 is 0 Å². The van der Waals surface area contributed by atoms with Gasteiger partial charge in [-0.3, -0.25) is 19.2 Å². The number of nitrogens with zero attached hydrogens (tertiary/aromatic N) is 2. The molecule has 2 N–H and O–H groups in total. The van der Waals surface area contributed by atoms with E-state index in [0.29, 0.717) is 60.3 Å². The number of hydrogen-bond donors (Lipinski definition) is 2. The van der Waals surface area contributed by atoms with Crippen molar-refractivity contribution in [3.05, 3.63) is 11.8 Å². The molecule has 8 nitrogen and oxygen atoms in total. The second-order valence-corrected chi connectivity index (χ2v) is 16.6. The van der Waals surface area contributed by atoms with E-state index < -0.39 is 12.1 Å². The van der Waals surface area contributed by atoms with Crippen molar-refractivity contribution in [3.63, 3.8) is 0 Å². The highest BCUT2D eigenvalue weighted by molar-refractivity contribution is 9.09. The van der Waals surface area contributed by atoms with Crippen LogP contribution in [0.2, 0.25) is 0 Å². The lowest BCUT2D eigenvalue weighted by atomic mass is 9.51. The number of halogens is 1. The molecule has 6 saturated carbocycles. The number of rotatable bonds is 8. The van der Waals surface area contributed by atoms with Gasteiger partial charge < -0.3 is 20.4 Å². The number of fused-ring (bicyclic) bond motifs is 1. The summed E-state index contributed by atoms with van der Waals surface area (Å²) < 4.78 is 0. The molecule has 242 valence electrons. The van der Waals surface area contributed by atoms with Crippen molar-refractivity contribution in [1.82, 2.24) is 20.4 Å². The molecular formula is C35H51BrN4O4. The van der Waals surface area contributed by atoms with Gasteiger partial charge >= 0.3 is 0 Å². The quantitative estimate of drug-likeness (QED) is 0.369. The molecule has 11 atom stereocenters. The Bertz CT molecular complexity index is 1190. The second-order valence-electron chi connectivity index (χ2n) is 15.4. The number of carbonyl (C=O) groups is 4. The Morgan fingerprint density at radius 2 is 1.80 bits per heavy atom. The predicted molar refractivity (Wildman–Crippen MR) is 171 cm³/mol. The first-order valence-corrected chi connectivity index (χ1v) is 18.7. The summed E-state index contributed by atoms with van der Waals surface area (Å²) in [7, 11) is 1.88. The molecule has 9 heteroatoms. The largest absolute Gasteiger partial charge is 0.388 e. The third kappa shape index (κ3) is 5.77.